The van der Waals surface area contributed by atoms with Crippen LogP contribution in [0.15, 0.2) is 48.5 Å². The molecule has 7 nitrogen and oxygen atoms in total. The number of carbonyl (C=O) groups is 3. The Bertz CT molecular complexity index is 907. The maximum atomic E-state index is 13.6. The van der Waals surface area contributed by atoms with Gasteiger partial charge in [-0.25, -0.2) is 9.18 Å². The molecule has 0 atom stereocenters. The van der Waals surface area contributed by atoms with Crippen LogP contribution >= 0.6 is 11.6 Å². The normalized spacial score (nSPS) is 13.9. The molecule has 9 heteroatoms. The van der Waals surface area contributed by atoms with Gasteiger partial charge in [-0.2, -0.15) is 0 Å². The summed E-state index contributed by atoms with van der Waals surface area (Å²) in [4.78, 5) is 39.5. The molecule has 0 radical (unpaired) electrons. The Morgan fingerprint density at radius 3 is 2.48 bits per heavy atom. The van der Waals surface area contributed by atoms with Gasteiger partial charge in [0.15, 0.2) is 0 Å². The summed E-state index contributed by atoms with van der Waals surface area (Å²) in [5.41, 5.74) is 0.942. The zero-order valence-electron chi connectivity index (χ0n) is 15.5. The largest absolute Gasteiger partial charge is 0.350 e. The molecule has 4 amide bonds. The van der Waals surface area contributed by atoms with Gasteiger partial charge in [-0.15, -0.1) is 0 Å². The molecule has 3 rings (SSSR count). The Morgan fingerprint density at radius 1 is 1.07 bits per heavy atom. The van der Waals surface area contributed by atoms with Crippen molar-refractivity contribution in [2.24, 2.45) is 0 Å². The average molecular weight is 419 g/mol. The van der Waals surface area contributed by atoms with Crippen LogP contribution in [-0.2, 0) is 16.1 Å². The lowest BCUT2D eigenvalue weighted by molar-refractivity contribution is -0.139. The minimum atomic E-state index is -0.399. The Kier molecular flexibility index (Phi) is 6.66. The molecule has 0 aromatic heterocycles. The zero-order valence-corrected chi connectivity index (χ0v) is 16.3. The highest BCUT2D eigenvalue weighted by molar-refractivity contribution is 6.30. The fourth-order valence-corrected chi connectivity index (χ4v) is 2.98. The van der Waals surface area contributed by atoms with Crippen molar-refractivity contribution in [2.45, 2.75) is 6.54 Å². The summed E-state index contributed by atoms with van der Waals surface area (Å²) in [5, 5.41) is 5.86. The van der Waals surface area contributed by atoms with Crippen molar-refractivity contribution >= 4 is 35.1 Å². The van der Waals surface area contributed by atoms with E-state index in [-0.39, 0.29) is 38.0 Å². The van der Waals surface area contributed by atoms with Crippen molar-refractivity contribution in [1.82, 2.24) is 15.1 Å². The van der Waals surface area contributed by atoms with Gasteiger partial charge in [0, 0.05) is 35.9 Å². The maximum absolute atomic E-state index is 13.6. The number of hydrogen-bond donors (Lipinski definition) is 2. The Labute approximate surface area is 172 Å². The van der Waals surface area contributed by atoms with Crippen molar-refractivity contribution in [3.63, 3.8) is 0 Å². The lowest BCUT2D eigenvalue weighted by atomic mass is 10.2. The molecule has 1 aliphatic heterocycles. The van der Waals surface area contributed by atoms with Gasteiger partial charge in [-0.3, -0.25) is 9.59 Å². The lowest BCUT2D eigenvalue weighted by Gasteiger charge is -2.33. The predicted octanol–water partition coefficient (Wildman–Crippen LogP) is 2.47. The van der Waals surface area contributed by atoms with Gasteiger partial charge in [-0.05, 0) is 30.3 Å². The fraction of sp³-hybridized carbons (Fsp3) is 0.250. The van der Waals surface area contributed by atoms with Crippen LogP contribution in [0.3, 0.4) is 0 Å². The minimum absolute atomic E-state index is 0.0448. The van der Waals surface area contributed by atoms with Crippen molar-refractivity contribution in [2.75, 3.05) is 31.5 Å². The van der Waals surface area contributed by atoms with Gasteiger partial charge in [0.05, 0.1) is 6.54 Å². The van der Waals surface area contributed by atoms with Crippen LogP contribution in [0.25, 0.3) is 0 Å². The van der Waals surface area contributed by atoms with Crippen LogP contribution in [0.2, 0.25) is 5.02 Å². The molecule has 2 aromatic rings. The molecule has 1 aliphatic rings. The van der Waals surface area contributed by atoms with E-state index in [1.54, 1.807) is 42.5 Å². The summed E-state index contributed by atoms with van der Waals surface area (Å²) in [5.74, 6) is -1.12. The summed E-state index contributed by atoms with van der Waals surface area (Å²) in [6, 6.07) is 12.4. The van der Waals surface area contributed by atoms with Crippen LogP contribution in [0.1, 0.15) is 5.56 Å². The Hall–Kier alpha value is -3.13. The number of nitrogens with zero attached hydrogens (tertiary/aromatic N) is 2. The first-order valence-electron chi connectivity index (χ1n) is 9.02. The van der Waals surface area contributed by atoms with Gasteiger partial charge in [0.25, 0.3) is 0 Å². The molecule has 29 heavy (non-hydrogen) atoms. The van der Waals surface area contributed by atoms with E-state index in [4.69, 9.17) is 11.6 Å². The van der Waals surface area contributed by atoms with E-state index >= 15 is 0 Å². The van der Waals surface area contributed by atoms with Crippen LogP contribution in [0.4, 0.5) is 14.9 Å². The number of nitrogens with one attached hydrogen (secondary N) is 2. The number of amides is 4. The number of rotatable bonds is 5. The first kappa shape index (κ1) is 20.6. The summed E-state index contributed by atoms with van der Waals surface area (Å²) < 4.78 is 13.6. The lowest BCUT2D eigenvalue weighted by Crippen LogP contribution is -2.55. The average Bonchev–Trinajstić information content (AvgIpc) is 2.70. The zero-order chi connectivity index (χ0) is 20.8. The number of hydrogen-bond acceptors (Lipinski definition) is 3. The van der Waals surface area contributed by atoms with Gasteiger partial charge in [0.1, 0.15) is 12.4 Å². The quantitative estimate of drug-likeness (QED) is 0.782. The van der Waals surface area contributed by atoms with E-state index in [0.29, 0.717) is 22.8 Å². The molecular weight excluding hydrogens is 399 g/mol. The van der Waals surface area contributed by atoms with Gasteiger partial charge in [-0.1, -0.05) is 29.8 Å². The third-order valence-electron chi connectivity index (χ3n) is 4.47. The van der Waals surface area contributed by atoms with Gasteiger partial charge in [0.2, 0.25) is 11.8 Å². The van der Waals surface area contributed by atoms with Crippen LogP contribution < -0.4 is 10.6 Å². The van der Waals surface area contributed by atoms with Crippen LogP contribution in [0.5, 0.6) is 0 Å². The van der Waals surface area contributed by atoms with Crippen molar-refractivity contribution < 1.29 is 18.8 Å². The predicted molar refractivity (Wildman–Crippen MR) is 107 cm³/mol. The summed E-state index contributed by atoms with van der Waals surface area (Å²) >= 11 is 5.81. The monoisotopic (exact) mass is 418 g/mol. The van der Waals surface area contributed by atoms with E-state index < -0.39 is 11.8 Å². The molecular formula is C20H20ClFN4O3. The van der Waals surface area contributed by atoms with E-state index in [1.165, 1.54) is 15.9 Å². The van der Waals surface area contributed by atoms with Crippen molar-refractivity contribution in [3.05, 3.63) is 64.9 Å². The second kappa shape index (κ2) is 9.38. The Morgan fingerprint density at radius 2 is 1.79 bits per heavy atom. The molecule has 2 aromatic carbocycles. The number of carbonyl (C=O) groups excluding carboxylic acids is 3. The highest BCUT2D eigenvalue weighted by Gasteiger charge is 2.28. The summed E-state index contributed by atoms with van der Waals surface area (Å²) in [7, 11) is 0. The standard InChI is InChI=1S/C20H20ClFN4O3/c21-15-5-7-16(8-6-15)24-20(29)26-10-9-25(19(28)13-26)12-18(27)23-11-14-3-1-2-4-17(14)22/h1-8H,9-13H2,(H,23,27)(H,24,29). The second-order valence-electron chi connectivity index (χ2n) is 6.54. The molecule has 0 bridgehead atoms. The summed E-state index contributed by atoms with van der Waals surface area (Å²) in [6.07, 6.45) is 0. The third-order valence-corrected chi connectivity index (χ3v) is 4.72. The fourth-order valence-electron chi connectivity index (χ4n) is 2.85. The molecule has 0 aliphatic carbocycles. The highest BCUT2D eigenvalue weighted by atomic mass is 35.5. The van der Waals surface area contributed by atoms with Gasteiger partial charge >= 0.3 is 6.03 Å². The van der Waals surface area contributed by atoms with Crippen molar-refractivity contribution in [1.29, 1.82) is 0 Å². The molecule has 2 N–H and O–H groups in total. The molecule has 152 valence electrons. The SMILES string of the molecule is O=C(CN1CCN(C(=O)Nc2ccc(Cl)cc2)CC1=O)NCc1ccccc1F. The smallest absolute Gasteiger partial charge is 0.322 e. The number of urea groups is 1. The van der Waals surface area contributed by atoms with Crippen LogP contribution in [-0.4, -0.2) is 53.8 Å². The topological polar surface area (TPSA) is 81.8 Å². The maximum Gasteiger partial charge on any atom is 0.322 e. The van der Waals surface area contributed by atoms with E-state index in [0.717, 1.165) is 0 Å². The van der Waals surface area contributed by atoms with Crippen molar-refractivity contribution in [3.8, 4) is 0 Å². The molecule has 1 fully saturated rings. The minimum Gasteiger partial charge on any atom is -0.350 e. The molecule has 0 unspecified atom stereocenters. The highest BCUT2D eigenvalue weighted by Crippen LogP contribution is 2.14. The number of piperazine rings is 1. The first-order chi connectivity index (χ1) is 13.9. The molecule has 0 saturated carbocycles. The van der Waals surface area contributed by atoms with E-state index in [2.05, 4.69) is 10.6 Å². The molecule has 1 saturated heterocycles. The number of benzene rings is 2. The Balaban J connectivity index is 1.46. The molecule has 1 heterocycles. The number of halogens is 2. The third kappa shape index (κ3) is 5.68. The summed E-state index contributed by atoms with van der Waals surface area (Å²) in [6.45, 7) is 0.314. The van der Waals surface area contributed by atoms with E-state index in [1.807, 2.05) is 0 Å². The van der Waals surface area contributed by atoms with Gasteiger partial charge < -0.3 is 20.4 Å². The second-order valence-corrected chi connectivity index (χ2v) is 6.98. The first-order valence-corrected chi connectivity index (χ1v) is 9.39. The molecule has 0 spiro atoms. The van der Waals surface area contributed by atoms with E-state index in [9.17, 15) is 18.8 Å². The number of anilines is 1. The van der Waals surface area contributed by atoms with Crippen LogP contribution in [0, 0.1) is 5.82 Å².